The van der Waals surface area contributed by atoms with Gasteiger partial charge in [0.25, 0.3) is 0 Å². The first-order chi connectivity index (χ1) is 14.6. The highest BCUT2D eigenvalue weighted by Crippen LogP contribution is 2.28. The third kappa shape index (κ3) is 4.33. The SMILES string of the molecule is COc1ccc(/C=N\n2c(-c3ccco3)n[nH]c2=S)cc1OCc1ccc(C)cc1. The number of hydrogen-bond donors (Lipinski definition) is 1. The number of benzene rings is 2. The van der Waals surface area contributed by atoms with Crippen LogP contribution in [-0.2, 0) is 6.61 Å². The zero-order valence-corrected chi connectivity index (χ0v) is 17.3. The first-order valence-electron chi connectivity index (χ1n) is 9.26. The smallest absolute Gasteiger partial charge is 0.219 e. The van der Waals surface area contributed by atoms with Gasteiger partial charge in [0.2, 0.25) is 10.6 Å². The molecule has 0 aliphatic heterocycles. The van der Waals surface area contributed by atoms with Crippen LogP contribution < -0.4 is 9.47 Å². The number of nitrogens with zero attached hydrogens (tertiary/aromatic N) is 3. The van der Waals surface area contributed by atoms with Crippen molar-refractivity contribution >= 4 is 18.4 Å². The van der Waals surface area contributed by atoms with E-state index in [1.54, 1.807) is 31.7 Å². The van der Waals surface area contributed by atoms with Crippen LogP contribution in [0.2, 0.25) is 0 Å². The third-order valence-electron chi connectivity index (χ3n) is 4.42. The molecule has 4 rings (SSSR count). The van der Waals surface area contributed by atoms with Crippen LogP contribution in [0.25, 0.3) is 11.6 Å². The molecule has 0 aliphatic carbocycles. The van der Waals surface area contributed by atoms with Crippen molar-refractivity contribution in [2.75, 3.05) is 7.11 Å². The van der Waals surface area contributed by atoms with Crippen molar-refractivity contribution in [1.29, 1.82) is 0 Å². The van der Waals surface area contributed by atoms with Gasteiger partial charge in [0, 0.05) is 0 Å². The maximum absolute atomic E-state index is 5.99. The van der Waals surface area contributed by atoms with E-state index in [0.717, 1.165) is 11.1 Å². The number of furan rings is 1. The second-order valence-corrected chi connectivity index (χ2v) is 6.96. The fourth-order valence-corrected chi connectivity index (χ4v) is 3.00. The number of methoxy groups -OCH3 is 1. The van der Waals surface area contributed by atoms with Gasteiger partial charge >= 0.3 is 0 Å². The van der Waals surface area contributed by atoms with E-state index in [1.807, 2.05) is 30.3 Å². The predicted octanol–water partition coefficient (Wildman–Crippen LogP) is 4.98. The number of H-pyrrole nitrogens is 1. The Morgan fingerprint density at radius 2 is 2.00 bits per heavy atom. The van der Waals surface area contributed by atoms with Crippen LogP contribution in [0, 0.1) is 11.7 Å². The summed E-state index contributed by atoms with van der Waals surface area (Å²) in [6.07, 6.45) is 3.25. The van der Waals surface area contributed by atoms with E-state index < -0.39 is 0 Å². The maximum Gasteiger partial charge on any atom is 0.219 e. The first kappa shape index (κ1) is 19.7. The molecule has 4 aromatic rings. The van der Waals surface area contributed by atoms with Gasteiger partial charge in [0.1, 0.15) is 6.61 Å². The Morgan fingerprint density at radius 1 is 1.17 bits per heavy atom. The number of hydrogen-bond acceptors (Lipinski definition) is 6. The predicted molar refractivity (Wildman–Crippen MR) is 117 cm³/mol. The monoisotopic (exact) mass is 420 g/mol. The number of ether oxygens (including phenoxy) is 2. The summed E-state index contributed by atoms with van der Waals surface area (Å²) in [5.74, 6) is 2.33. The van der Waals surface area contributed by atoms with Crippen LogP contribution >= 0.6 is 12.2 Å². The Kier molecular flexibility index (Phi) is 5.76. The number of rotatable bonds is 7. The Balaban J connectivity index is 1.57. The highest BCUT2D eigenvalue weighted by molar-refractivity contribution is 7.71. The minimum atomic E-state index is 0.363. The summed E-state index contributed by atoms with van der Waals surface area (Å²) in [5.41, 5.74) is 3.11. The molecule has 2 aromatic carbocycles. The van der Waals surface area contributed by atoms with E-state index in [-0.39, 0.29) is 0 Å². The lowest BCUT2D eigenvalue weighted by molar-refractivity contribution is 0.284. The molecule has 0 amide bonds. The van der Waals surface area contributed by atoms with Gasteiger partial charge in [-0.05, 0) is 60.6 Å². The first-order valence-corrected chi connectivity index (χ1v) is 9.67. The Bertz CT molecular complexity index is 1210. The van der Waals surface area contributed by atoms with Gasteiger partial charge in [0.15, 0.2) is 17.3 Å². The van der Waals surface area contributed by atoms with Gasteiger partial charge in [-0.25, -0.2) is 5.10 Å². The average Bonchev–Trinajstić information content (AvgIpc) is 3.41. The van der Waals surface area contributed by atoms with Crippen LogP contribution in [0.15, 0.2) is 70.4 Å². The summed E-state index contributed by atoms with van der Waals surface area (Å²) >= 11 is 5.28. The quantitative estimate of drug-likeness (QED) is 0.337. The van der Waals surface area contributed by atoms with Crippen molar-refractivity contribution < 1.29 is 13.9 Å². The van der Waals surface area contributed by atoms with Gasteiger partial charge in [-0.15, -0.1) is 5.10 Å². The fraction of sp³-hybridized carbons (Fsp3) is 0.136. The van der Waals surface area contributed by atoms with Crippen LogP contribution in [0.3, 0.4) is 0 Å². The molecule has 0 saturated carbocycles. The number of nitrogens with one attached hydrogen (secondary N) is 1. The van der Waals surface area contributed by atoms with Crippen molar-refractivity contribution in [3.05, 3.63) is 82.3 Å². The van der Waals surface area contributed by atoms with Crippen molar-refractivity contribution in [3.63, 3.8) is 0 Å². The molecule has 0 bridgehead atoms. The van der Waals surface area contributed by atoms with Crippen LogP contribution in [0.1, 0.15) is 16.7 Å². The van der Waals surface area contributed by atoms with E-state index in [4.69, 9.17) is 26.1 Å². The second-order valence-electron chi connectivity index (χ2n) is 6.57. The second kappa shape index (κ2) is 8.79. The molecule has 0 saturated heterocycles. The molecule has 1 N–H and O–H groups in total. The van der Waals surface area contributed by atoms with Gasteiger partial charge < -0.3 is 13.9 Å². The lowest BCUT2D eigenvalue weighted by atomic mass is 10.1. The molecule has 30 heavy (non-hydrogen) atoms. The fourth-order valence-electron chi connectivity index (χ4n) is 2.82. The van der Waals surface area contributed by atoms with E-state index >= 15 is 0 Å². The lowest BCUT2D eigenvalue weighted by Crippen LogP contribution is -1.99. The number of aromatic nitrogens is 3. The van der Waals surface area contributed by atoms with Gasteiger partial charge in [-0.2, -0.15) is 9.78 Å². The third-order valence-corrected chi connectivity index (χ3v) is 4.68. The van der Waals surface area contributed by atoms with Crippen molar-refractivity contribution in [1.82, 2.24) is 14.9 Å². The van der Waals surface area contributed by atoms with E-state index in [0.29, 0.717) is 34.5 Å². The van der Waals surface area contributed by atoms with E-state index in [9.17, 15) is 0 Å². The molecule has 152 valence electrons. The summed E-state index contributed by atoms with van der Waals surface area (Å²) in [4.78, 5) is 0. The summed E-state index contributed by atoms with van der Waals surface area (Å²) in [6, 6.07) is 17.4. The zero-order chi connectivity index (χ0) is 20.9. The Hall–Kier alpha value is -3.65. The molecule has 2 heterocycles. The number of aromatic amines is 1. The molecule has 0 atom stereocenters. The maximum atomic E-state index is 5.99. The highest BCUT2D eigenvalue weighted by Gasteiger charge is 2.11. The van der Waals surface area contributed by atoms with Gasteiger partial charge in [-0.3, -0.25) is 0 Å². The Labute approximate surface area is 178 Å². The molecule has 0 fully saturated rings. The topological polar surface area (TPSA) is 77.6 Å². The minimum Gasteiger partial charge on any atom is -0.493 e. The summed E-state index contributed by atoms with van der Waals surface area (Å²) < 4.78 is 18.7. The molecular weight excluding hydrogens is 400 g/mol. The van der Waals surface area contributed by atoms with E-state index in [1.165, 1.54) is 10.2 Å². The molecule has 0 radical (unpaired) electrons. The minimum absolute atomic E-state index is 0.363. The highest BCUT2D eigenvalue weighted by atomic mass is 32.1. The molecule has 2 aromatic heterocycles. The Morgan fingerprint density at radius 3 is 2.73 bits per heavy atom. The van der Waals surface area contributed by atoms with Crippen molar-refractivity contribution in [3.8, 4) is 23.1 Å². The van der Waals surface area contributed by atoms with E-state index in [2.05, 4.69) is 34.4 Å². The molecular formula is C22H20N4O3S. The van der Waals surface area contributed by atoms with Crippen LogP contribution in [-0.4, -0.2) is 28.2 Å². The number of aryl methyl sites for hydroxylation is 1. The molecule has 8 heteroatoms. The summed E-state index contributed by atoms with van der Waals surface area (Å²) in [6.45, 7) is 2.49. The average molecular weight is 420 g/mol. The van der Waals surface area contributed by atoms with Crippen molar-refractivity contribution in [2.45, 2.75) is 13.5 Å². The molecule has 0 aliphatic rings. The molecule has 0 spiro atoms. The van der Waals surface area contributed by atoms with Crippen LogP contribution in [0.4, 0.5) is 0 Å². The summed E-state index contributed by atoms with van der Waals surface area (Å²) in [5, 5.41) is 11.4. The van der Waals surface area contributed by atoms with Crippen LogP contribution in [0.5, 0.6) is 11.5 Å². The van der Waals surface area contributed by atoms with Crippen molar-refractivity contribution in [2.24, 2.45) is 5.10 Å². The molecule has 7 nitrogen and oxygen atoms in total. The zero-order valence-electron chi connectivity index (χ0n) is 16.5. The lowest BCUT2D eigenvalue weighted by Gasteiger charge is -2.11. The largest absolute Gasteiger partial charge is 0.493 e. The van der Waals surface area contributed by atoms with Gasteiger partial charge in [0.05, 0.1) is 19.6 Å². The van der Waals surface area contributed by atoms with Gasteiger partial charge in [-0.1, -0.05) is 29.8 Å². The molecule has 0 unspecified atom stereocenters. The summed E-state index contributed by atoms with van der Waals surface area (Å²) in [7, 11) is 1.61. The standard InChI is InChI=1S/C22H20N4O3S/c1-15-5-7-16(8-6-15)14-29-20-12-17(9-10-18(20)27-2)13-23-26-21(24-25-22(26)30)19-4-3-11-28-19/h3-13H,14H2,1-2H3,(H,25,30)/b23-13-. The normalized spacial score (nSPS) is 11.1.